The molecule has 24 heavy (non-hydrogen) atoms. The minimum Gasteiger partial charge on any atom is -0.294 e. The summed E-state index contributed by atoms with van der Waals surface area (Å²) in [7, 11) is 0. The Morgan fingerprint density at radius 2 is 2.00 bits per heavy atom. The number of aromatic nitrogens is 1. The maximum absolute atomic E-state index is 13.9. The molecule has 2 heterocycles. The molecule has 0 spiro atoms. The molecule has 0 N–H and O–H groups in total. The number of benzene rings is 1. The van der Waals surface area contributed by atoms with E-state index in [0.717, 1.165) is 11.3 Å². The Morgan fingerprint density at radius 1 is 1.29 bits per heavy atom. The van der Waals surface area contributed by atoms with Gasteiger partial charge in [-0.2, -0.15) is 0 Å². The van der Waals surface area contributed by atoms with Crippen LogP contribution in [0.2, 0.25) is 0 Å². The van der Waals surface area contributed by atoms with Crippen molar-refractivity contribution in [2.75, 3.05) is 4.90 Å². The Balaban J connectivity index is 2.31. The fourth-order valence-electron chi connectivity index (χ4n) is 2.92. The molecular weight excluding hydrogens is 375 g/mol. The second-order valence-corrected chi connectivity index (χ2v) is 6.98. The van der Waals surface area contributed by atoms with Gasteiger partial charge in [0.05, 0.1) is 28.0 Å². The first-order valence-electron chi connectivity index (χ1n) is 7.62. The molecule has 1 aromatic heterocycles. The highest BCUT2D eigenvalue weighted by molar-refractivity contribution is 9.10. The number of nitrogens with zero attached hydrogens (tertiary/aromatic N) is 2. The fraction of sp³-hybridized carbons (Fsp3) is 0.278. The normalized spacial score (nSPS) is 14.3. The molecule has 3 rings (SSSR count). The average Bonchev–Trinajstić information content (AvgIpc) is 2.50. The summed E-state index contributed by atoms with van der Waals surface area (Å²) in [5.74, 6) is -1.13. The number of hydrogen-bond donors (Lipinski definition) is 0. The van der Waals surface area contributed by atoms with Crippen molar-refractivity contribution < 1.29 is 14.0 Å². The van der Waals surface area contributed by atoms with E-state index in [2.05, 4.69) is 20.9 Å². The van der Waals surface area contributed by atoms with E-state index in [0.29, 0.717) is 11.4 Å². The summed E-state index contributed by atoms with van der Waals surface area (Å²) < 4.78 is 14.1. The monoisotopic (exact) mass is 390 g/mol. The lowest BCUT2D eigenvalue weighted by molar-refractivity contribution is -0.117. The number of pyridine rings is 1. The first-order valence-corrected chi connectivity index (χ1v) is 8.41. The molecule has 1 aliphatic rings. The third kappa shape index (κ3) is 2.65. The van der Waals surface area contributed by atoms with Gasteiger partial charge in [0.1, 0.15) is 5.82 Å². The first-order chi connectivity index (χ1) is 11.3. The number of ketones is 1. The number of halogens is 2. The van der Waals surface area contributed by atoms with Crippen LogP contribution in [0.1, 0.15) is 47.8 Å². The molecule has 4 nitrogen and oxygen atoms in total. The Bertz CT molecular complexity index is 864. The Hall–Kier alpha value is -2.08. The quantitative estimate of drug-likeness (QED) is 0.700. The lowest BCUT2D eigenvalue weighted by Gasteiger charge is -2.32. The van der Waals surface area contributed by atoms with Gasteiger partial charge >= 0.3 is 0 Å². The molecule has 0 bridgehead atoms. The van der Waals surface area contributed by atoms with Crippen LogP contribution >= 0.6 is 15.9 Å². The number of anilines is 2. The SMILES string of the molecule is Cc1ccnc(C(C)C)c1N1C(=O)CC(=O)c2cc(F)c(Br)cc21. The van der Waals surface area contributed by atoms with Gasteiger partial charge in [-0.1, -0.05) is 13.8 Å². The molecule has 0 aliphatic carbocycles. The second-order valence-electron chi connectivity index (χ2n) is 6.13. The number of carbonyl (C=O) groups is 2. The van der Waals surface area contributed by atoms with Gasteiger partial charge in [0.2, 0.25) is 5.91 Å². The van der Waals surface area contributed by atoms with E-state index in [1.54, 1.807) is 6.20 Å². The van der Waals surface area contributed by atoms with Crippen molar-refractivity contribution in [3.8, 4) is 0 Å². The molecule has 0 saturated heterocycles. The lowest BCUT2D eigenvalue weighted by atomic mass is 9.96. The number of rotatable bonds is 2. The highest BCUT2D eigenvalue weighted by Gasteiger charge is 2.34. The van der Waals surface area contributed by atoms with E-state index in [9.17, 15) is 14.0 Å². The van der Waals surface area contributed by atoms with Crippen molar-refractivity contribution in [3.05, 3.63) is 51.5 Å². The van der Waals surface area contributed by atoms with E-state index in [1.807, 2.05) is 26.8 Å². The number of amides is 1. The molecule has 0 saturated carbocycles. The summed E-state index contributed by atoms with van der Waals surface area (Å²) >= 11 is 3.14. The zero-order valence-electron chi connectivity index (χ0n) is 13.6. The van der Waals surface area contributed by atoms with Crippen LogP contribution in [-0.2, 0) is 4.79 Å². The minimum absolute atomic E-state index is 0.0951. The van der Waals surface area contributed by atoms with Crippen molar-refractivity contribution in [3.63, 3.8) is 0 Å². The highest BCUT2D eigenvalue weighted by atomic mass is 79.9. The summed E-state index contributed by atoms with van der Waals surface area (Å²) in [4.78, 5) is 30.8. The topological polar surface area (TPSA) is 50.3 Å². The lowest BCUT2D eigenvalue weighted by Crippen LogP contribution is -2.35. The third-order valence-electron chi connectivity index (χ3n) is 4.07. The van der Waals surface area contributed by atoms with E-state index in [4.69, 9.17) is 0 Å². The summed E-state index contributed by atoms with van der Waals surface area (Å²) in [6.07, 6.45) is 1.43. The summed E-state index contributed by atoms with van der Waals surface area (Å²) in [6.45, 7) is 5.88. The van der Waals surface area contributed by atoms with Gasteiger partial charge in [-0.05, 0) is 52.5 Å². The van der Waals surface area contributed by atoms with Gasteiger partial charge in [-0.3, -0.25) is 19.5 Å². The summed E-state index contributed by atoms with van der Waals surface area (Å²) in [6, 6.07) is 4.49. The van der Waals surface area contributed by atoms with Crippen LogP contribution in [0, 0.1) is 12.7 Å². The number of aryl methyl sites for hydroxylation is 1. The molecular formula is C18H16BrFN2O2. The summed E-state index contributed by atoms with van der Waals surface area (Å²) in [5.41, 5.74) is 2.92. The van der Waals surface area contributed by atoms with Crippen molar-refractivity contribution in [2.24, 2.45) is 0 Å². The number of fused-ring (bicyclic) bond motifs is 1. The predicted octanol–water partition coefficient (Wildman–Crippen LogP) is 4.67. The molecule has 2 aromatic rings. The van der Waals surface area contributed by atoms with Crippen LogP contribution in [-0.4, -0.2) is 16.7 Å². The molecule has 1 aliphatic heterocycles. The highest BCUT2D eigenvalue weighted by Crippen LogP contribution is 2.41. The first kappa shape index (κ1) is 16.8. The molecule has 0 unspecified atom stereocenters. The summed E-state index contributed by atoms with van der Waals surface area (Å²) in [5, 5.41) is 0. The van der Waals surface area contributed by atoms with Gasteiger partial charge in [0.25, 0.3) is 0 Å². The van der Waals surface area contributed by atoms with E-state index in [-0.39, 0.29) is 34.1 Å². The maximum atomic E-state index is 13.9. The van der Waals surface area contributed by atoms with E-state index >= 15 is 0 Å². The third-order valence-corrected chi connectivity index (χ3v) is 4.67. The van der Waals surface area contributed by atoms with Gasteiger partial charge in [-0.15, -0.1) is 0 Å². The van der Waals surface area contributed by atoms with Gasteiger partial charge in [-0.25, -0.2) is 4.39 Å². The zero-order valence-corrected chi connectivity index (χ0v) is 15.1. The van der Waals surface area contributed by atoms with Gasteiger partial charge in [0, 0.05) is 11.8 Å². The van der Waals surface area contributed by atoms with Gasteiger partial charge < -0.3 is 0 Å². The molecule has 1 aromatic carbocycles. The Kier molecular flexibility index (Phi) is 4.25. The fourth-order valence-corrected chi connectivity index (χ4v) is 3.25. The number of hydrogen-bond acceptors (Lipinski definition) is 3. The molecule has 0 fully saturated rings. The van der Waals surface area contributed by atoms with Crippen molar-refractivity contribution in [1.29, 1.82) is 0 Å². The van der Waals surface area contributed by atoms with E-state index in [1.165, 1.54) is 17.0 Å². The standard InChI is InChI=1S/C18H16BrFN2O2/c1-9(2)17-18(10(3)4-5-21-17)22-14-7-12(19)13(20)6-11(14)15(23)8-16(22)24/h4-7,9H,8H2,1-3H3. The Labute approximate surface area is 147 Å². The number of Topliss-reactive ketones (excluding diaryl/α,β-unsaturated/α-hetero) is 1. The second kappa shape index (κ2) is 6.09. The molecule has 124 valence electrons. The minimum atomic E-state index is -0.525. The smallest absolute Gasteiger partial charge is 0.239 e. The van der Waals surface area contributed by atoms with E-state index < -0.39 is 5.82 Å². The predicted molar refractivity (Wildman–Crippen MR) is 93.3 cm³/mol. The van der Waals surface area contributed by atoms with Crippen LogP contribution in [0.25, 0.3) is 0 Å². The van der Waals surface area contributed by atoms with Gasteiger partial charge in [0.15, 0.2) is 5.78 Å². The molecule has 0 atom stereocenters. The number of carbonyl (C=O) groups excluding carboxylic acids is 2. The average molecular weight is 391 g/mol. The Morgan fingerprint density at radius 3 is 2.67 bits per heavy atom. The largest absolute Gasteiger partial charge is 0.294 e. The van der Waals surface area contributed by atoms with Crippen LogP contribution in [0.15, 0.2) is 28.9 Å². The maximum Gasteiger partial charge on any atom is 0.239 e. The molecule has 6 heteroatoms. The molecule has 1 amide bonds. The van der Waals surface area contributed by atoms with Crippen LogP contribution in [0.3, 0.4) is 0 Å². The van der Waals surface area contributed by atoms with Crippen LogP contribution in [0.5, 0.6) is 0 Å². The van der Waals surface area contributed by atoms with Crippen LogP contribution < -0.4 is 4.90 Å². The van der Waals surface area contributed by atoms with Crippen molar-refractivity contribution >= 4 is 39.0 Å². The molecule has 0 radical (unpaired) electrons. The zero-order chi connectivity index (χ0) is 17.6. The van der Waals surface area contributed by atoms with Crippen LogP contribution in [0.4, 0.5) is 15.8 Å². The van der Waals surface area contributed by atoms with Crippen molar-refractivity contribution in [2.45, 2.75) is 33.1 Å². The van der Waals surface area contributed by atoms with Crippen molar-refractivity contribution in [1.82, 2.24) is 4.98 Å².